The molecule has 7 heteroatoms. The van der Waals surface area contributed by atoms with Crippen LogP contribution < -0.4 is 10.6 Å². The summed E-state index contributed by atoms with van der Waals surface area (Å²) in [4.78, 5) is 16.2. The molecule has 2 rings (SSSR count). The van der Waals surface area contributed by atoms with E-state index in [4.69, 9.17) is 10.00 Å². The van der Waals surface area contributed by atoms with Gasteiger partial charge < -0.3 is 15.4 Å². The highest BCUT2D eigenvalue weighted by atomic mass is 32.1. The first kappa shape index (κ1) is 17.9. The number of hydrogen-bond donors (Lipinski definition) is 2. The highest BCUT2D eigenvalue weighted by Crippen LogP contribution is 2.20. The maximum absolute atomic E-state index is 11.8. The zero-order valence-electron chi connectivity index (χ0n) is 13.7. The molecule has 0 saturated carbocycles. The van der Waals surface area contributed by atoms with Gasteiger partial charge in [0.2, 0.25) is 0 Å². The number of nitrogens with zero attached hydrogens (tertiary/aromatic N) is 2. The number of benzene rings is 1. The molecular formula is C17H20N4O2S. The Morgan fingerprint density at radius 1 is 1.46 bits per heavy atom. The zero-order chi connectivity index (χ0) is 17.4. The van der Waals surface area contributed by atoms with Gasteiger partial charge in [-0.2, -0.15) is 5.26 Å². The Balaban J connectivity index is 1.71. The molecule has 0 spiro atoms. The Labute approximate surface area is 145 Å². The van der Waals surface area contributed by atoms with Crippen molar-refractivity contribution in [3.05, 3.63) is 51.5 Å². The molecule has 2 aromatic rings. The van der Waals surface area contributed by atoms with Crippen molar-refractivity contribution < 1.29 is 9.53 Å². The van der Waals surface area contributed by atoms with Gasteiger partial charge in [-0.1, -0.05) is 12.1 Å². The van der Waals surface area contributed by atoms with Crippen molar-refractivity contribution in [3.63, 3.8) is 0 Å². The van der Waals surface area contributed by atoms with E-state index in [1.807, 2.05) is 30.5 Å². The lowest BCUT2D eigenvalue weighted by Crippen LogP contribution is -2.36. The van der Waals surface area contributed by atoms with E-state index in [0.29, 0.717) is 25.1 Å². The second-order valence-electron chi connectivity index (χ2n) is 5.23. The van der Waals surface area contributed by atoms with E-state index in [0.717, 1.165) is 16.3 Å². The van der Waals surface area contributed by atoms with Crippen molar-refractivity contribution in [2.24, 2.45) is 0 Å². The van der Waals surface area contributed by atoms with Crippen molar-refractivity contribution in [1.82, 2.24) is 15.6 Å². The van der Waals surface area contributed by atoms with Crippen molar-refractivity contribution in [3.8, 4) is 6.07 Å². The number of rotatable bonds is 7. The van der Waals surface area contributed by atoms with E-state index < -0.39 is 0 Å². The van der Waals surface area contributed by atoms with E-state index in [2.05, 4.69) is 21.7 Å². The van der Waals surface area contributed by atoms with Crippen LogP contribution in [0.1, 0.15) is 34.9 Å². The van der Waals surface area contributed by atoms with Gasteiger partial charge in [-0.25, -0.2) is 9.78 Å². The van der Waals surface area contributed by atoms with Gasteiger partial charge in [-0.3, -0.25) is 0 Å². The van der Waals surface area contributed by atoms with Crippen LogP contribution in [0.15, 0.2) is 29.6 Å². The second-order valence-corrected chi connectivity index (χ2v) is 6.12. The van der Waals surface area contributed by atoms with Crippen LogP contribution in [0.4, 0.5) is 4.79 Å². The van der Waals surface area contributed by atoms with E-state index in [1.54, 1.807) is 13.2 Å². The van der Waals surface area contributed by atoms with Crippen LogP contribution >= 0.6 is 11.3 Å². The van der Waals surface area contributed by atoms with Crippen LogP contribution in [-0.4, -0.2) is 24.7 Å². The summed E-state index contributed by atoms with van der Waals surface area (Å²) in [6, 6.07) is 9.24. The minimum atomic E-state index is -0.235. The number of carbonyl (C=O) groups is 1. The number of aromatic nitrogens is 1. The Morgan fingerprint density at radius 2 is 2.29 bits per heavy atom. The fraction of sp³-hybridized carbons (Fsp3) is 0.353. The molecule has 0 bridgehead atoms. The maximum Gasteiger partial charge on any atom is 0.315 e. The first-order chi connectivity index (χ1) is 11.6. The lowest BCUT2D eigenvalue weighted by molar-refractivity contribution is 0.119. The van der Waals surface area contributed by atoms with Gasteiger partial charge in [-0.05, 0) is 31.0 Å². The minimum Gasteiger partial charge on any atom is -0.375 e. The number of urea groups is 1. The summed E-state index contributed by atoms with van der Waals surface area (Å²) in [6.07, 6.45) is 0.636. The van der Waals surface area contributed by atoms with Crippen LogP contribution in [0.2, 0.25) is 0 Å². The smallest absolute Gasteiger partial charge is 0.315 e. The number of methoxy groups -OCH3 is 1. The SMILES string of the molecule is CO[C@@H](C)c1nc(CNC(=O)NCCc2cccc(C#N)c2)cs1. The molecule has 0 aliphatic rings. The number of carbonyl (C=O) groups excluding carboxylic acids is 1. The van der Waals surface area contributed by atoms with E-state index in [9.17, 15) is 4.79 Å². The summed E-state index contributed by atoms with van der Waals surface area (Å²) in [5, 5.41) is 17.3. The van der Waals surface area contributed by atoms with Crippen molar-refractivity contribution >= 4 is 17.4 Å². The number of ether oxygens (including phenoxy) is 1. The van der Waals surface area contributed by atoms with Gasteiger partial charge >= 0.3 is 6.03 Å². The Morgan fingerprint density at radius 3 is 3.04 bits per heavy atom. The van der Waals surface area contributed by atoms with Gasteiger partial charge in [0.05, 0.1) is 23.9 Å². The average Bonchev–Trinajstić information content (AvgIpc) is 3.08. The van der Waals surface area contributed by atoms with Gasteiger partial charge in [0.15, 0.2) is 0 Å². The third kappa shape index (κ3) is 5.33. The molecule has 1 aromatic heterocycles. The molecule has 0 aliphatic heterocycles. The van der Waals surface area contributed by atoms with Crippen molar-refractivity contribution in [2.75, 3.05) is 13.7 Å². The van der Waals surface area contributed by atoms with E-state index >= 15 is 0 Å². The highest BCUT2D eigenvalue weighted by molar-refractivity contribution is 7.09. The lowest BCUT2D eigenvalue weighted by atomic mass is 10.1. The maximum atomic E-state index is 11.8. The summed E-state index contributed by atoms with van der Waals surface area (Å²) in [6.45, 7) is 2.82. The molecule has 1 atom stereocenters. The number of nitriles is 1. The minimum absolute atomic E-state index is 0.0400. The van der Waals surface area contributed by atoms with Crippen LogP contribution in [0.5, 0.6) is 0 Å². The average molecular weight is 344 g/mol. The predicted molar refractivity (Wildman–Crippen MR) is 92.6 cm³/mol. The first-order valence-electron chi connectivity index (χ1n) is 7.60. The quantitative estimate of drug-likeness (QED) is 0.808. The van der Waals surface area contributed by atoms with E-state index in [1.165, 1.54) is 11.3 Å². The molecule has 2 N–H and O–H groups in total. The molecule has 0 radical (unpaired) electrons. The Kier molecular flexibility index (Phi) is 6.73. The molecule has 0 saturated heterocycles. The van der Waals surface area contributed by atoms with E-state index in [-0.39, 0.29) is 12.1 Å². The fourth-order valence-corrected chi connectivity index (χ4v) is 2.89. The molecule has 126 valence electrons. The molecule has 0 aliphatic carbocycles. The van der Waals surface area contributed by atoms with Crippen molar-refractivity contribution in [2.45, 2.75) is 26.0 Å². The third-order valence-corrected chi connectivity index (χ3v) is 4.51. The van der Waals surface area contributed by atoms with Gasteiger partial charge in [-0.15, -0.1) is 11.3 Å². The fourth-order valence-electron chi connectivity index (χ4n) is 2.04. The third-order valence-electron chi connectivity index (χ3n) is 3.46. The van der Waals surface area contributed by atoms with Crippen LogP contribution in [-0.2, 0) is 17.7 Å². The molecule has 24 heavy (non-hydrogen) atoms. The molecular weight excluding hydrogens is 324 g/mol. The number of amides is 2. The van der Waals surface area contributed by atoms with Crippen molar-refractivity contribution in [1.29, 1.82) is 5.26 Å². The molecule has 1 aromatic carbocycles. The molecule has 0 fully saturated rings. The summed E-state index contributed by atoms with van der Waals surface area (Å²) in [5.41, 5.74) is 2.46. The van der Waals surface area contributed by atoms with Crippen LogP contribution in [0.3, 0.4) is 0 Å². The first-order valence-corrected chi connectivity index (χ1v) is 8.48. The number of thiazole rings is 1. The molecule has 6 nitrogen and oxygen atoms in total. The van der Waals surface area contributed by atoms with Gasteiger partial charge in [0.25, 0.3) is 0 Å². The predicted octanol–water partition coefficient (Wildman–Crippen LogP) is 2.76. The molecule has 0 unspecified atom stereocenters. The summed E-state index contributed by atoms with van der Waals surface area (Å²) < 4.78 is 5.21. The topological polar surface area (TPSA) is 87.0 Å². The summed E-state index contributed by atoms with van der Waals surface area (Å²) >= 11 is 1.52. The molecule has 2 amide bonds. The summed E-state index contributed by atoms with van der Waals surface area (Å²) in [7, 11) is 1.64. The van der Waals surface area contributed by atoms with Crippen LogP contribution in [0, 0.1) is 11.3 Å². The highest BCUT2D eigenvalue weighted by Gasteiger charge is 2.09. The second kappa shape index (κ2) is 9.01. The largest absolute Gasteiger partial charge is 0.375 e. The lowest BCUT2D eigenvalue weighted by Gasteiger charge is -2.07. The zero-order valence-corrected chi connectivity index (χ0v) is 14.5. The standard InChI is InChI=1S/C17H20N4O2S/c1-12(23-2)16-21-15(11-24-16)10-20-17(22)19-7-6-13-4-3-5-14(8-13)9-18/h3-5,8,11-12H,6-7,10H2,1-2H3,(H2,19,20,22)/t12-/m0/s1. The Bertz CT molecular complexity index is 723. The molecule has 1 heterocycles. The summed E-state index contributed by atoms with van der Waals surface area (Å²) in [5.74, 6) is 0. The number of nitrogens with one attached hydrogen (secondary N) is 2. The van der Waals surface area contributed by atoms with Crippen LogP contribution in [0.25, 0.3) is 0 Å². The van der Waals surface area contributed by atoms with Gasteiger partial charge in [0.1, 0.15) is 11.1 Å². The number of hydrogen-bond acceptors (Lipinski definition) is 5. The monoisotopic (exact) mass is 344 g/mol. The van der Waals surface area contributed by atoms with Gasteiger partial charge in [0, 0.05) is 19.0 Å². The Hall–Kier alpha value is -2.43. The normalized spacial score (nSPS) is 11.5.